The molecule has 0 amide bonds. The lowest BCUT2D eigenvalue weighted by Crippen LogP contribution is -2.06. The average molecular weight is 425 g/mol. The first-order valence-corrected chi connectivity index (χ1v) is 10.5. The van der Waals surface area contributed by atoms with Crippen LogP contribution in [0.3, 0.4) is 0 Å². The molecule has 30 heavy (non-hydrogen) atoms. The fraction of sp³-hybridized carbons (Fsp3) is 0.0870. The lowest BCUT2D eigenvalue weighted by Gasteiger charge is -2.15. The van der Waals surface area contributed by atoms with E-state index in [1.165, 1.54) is 55.6 Å². The Hall–Kier alpha value is -3.32. The minimum Gasteiger partial charge on any atom is -0.497 e. The molecule has 0 N–H and O–H groups in total. The maximum Gasteiger partial charge on any atom is 0.208 e. The smallest absolute Gasteiger partial charge is 0.208 e. The maximum absolute atomic E-state index is 14.6. The summed E-state index contributed by atoms with van der Waals surface area (Å²) in [7, 11) is -2.55. The third kappa shape index (κ3) is 3.41. The first-order valence-electron chi connectivity index (χ1n) is 9.05. The van der Waals surface area contributed by atoms with Crippen LogP contribution in [0.25, 0.3) is 22.0 Å². The second-order valence-corrected chi connectivity index (χ2v) is 8.75. The molecule has 0 aliphatic carbocycles. The Morgan fingerprint density at radius 2 is 1.70 bits per heavy atom. The molecule has 0 saturated carbocycles. The molecular formula is C23H17F2NO3S. The van der Waals surface area contributed by atoms with Gasteiger partial charge in [-0.15, -0.1) is 0 Å². The van der Waals surface area contributed by atoms with Crippen LogP contribution in [0, 0.1) is 18.6 Å². The summed E-state index contributed by atoms with van der Waals surface area (Å²) in [5, 5.41) is 0.299. The molecule has 0 saturated heterocycles. The summed E-state index contributed by atoms with van der Waals surface area (Å²) in [6.45, 7) is 1.70. The van der Waals surface area contributed by atoms with Crippen LogP contribution < -0.4 is 4.74 Å². The Balaban J connectivity index is 2.08. The fourth-order valence-electron chi connectivity index (χ4n) is 3.40. The van der Waals surface area contributed by atoms with Crippen molar-refractivity contribution >= 4 is 20.7 Å². The Labute approximate surface area is 172 Å². The molecule has 0 radical (unpaired) electrons. The number of rotatable bonds is 4. The number of aromatic nitrogens is 1. The third-order valence-electron chi connectivity index (χ3n) is 4.81. The highest BCUT2D eigenvalue weighted by atomic mass is 32.2. The van der Waals surface area contributed by atoms with E-state index in [1.54, 1.807) is 19.1 Å². The highest BCUT2D eigenvalue weighted by Crippen LogP contribution is 2.38. The van der Waals surface area contributed by atoms with Crippen LogP contribution >= 0.6 is 0 Å². The molecule has 4 aromatic rings. The largest absolute Gasteiger partial charge is 0.497 e. The zero-order valence-electron chi connectivity index (χ0n) is 16.2. The van der Waals surface area contributed by atoms with Crippen molar-refractivity contribution in [1.82, 2.24) is 4.98 Å². The second kappa shape index (κ2) is 7.50. The molecule has 4 rings (SSSR count). The fourth-order valence-corrected chi connectivity index (χ4v) is 4.84. The van der Waals surface area contributed by atoms with Crippen molar-refractivity contribution in [1.29, 1.82) is 0 Å². The normalized spacial score (nSPS) is 11.6. The Kier molecular flexibility index (Phi) is 4.99. The van der Waals surface area contributed by atoms with Crippen molar-refractivity contribution in [2.45, 2.75) is 16.7 Å². The number of halogens is 2. The zero-order valence-corrected chi connectivity index (χ0v) is 17.0. The van der Waals surface area contributed by atoms with Gasteiger partial charge in [0.15, 0.2) is 0 Å². The van der Waals surface area contributed by atoms with Gasteiger partial charge in [0.1, 0.15) is 22.9 Å². The number of sulfone groups is 1. The molecule has 0 atom stereocenters. The predicted octanol–water partition coefficient (Wildman–Crippen LogP) is 5.33. The molecule has 152 valence electrons. The van der Waals surface area contributed by atoms with E-state index in [0.717, 1.165) is 6.20 Å². The van der Waals surface area contributed by atoms with E-state index in [1.807, 2.05) is 0 Å². The van der Waals surface area contributed by atoms with Gasteiger partial charge < -0.3 is 4.74 Å². The van der Waals surface area contributed by atoms with E-state index in [-0.39, 0.29) is 20.9 Å². The van der Waals surface area contributed by atoms with Gasteiger partial charge in [-0.25, -0.2) is 17.2 Å². The van der Waals surface area contributed by atoms with Crippen molar-refractivity contribution in [2.24, 2.45) is 0 Å². The van der Waals surface area contributed by atoms with Crippen LogP contribution in [-0.2, 0) is 9.84 Å². The summed E-state index contributed by atoms with van der Waals surface area (Å²) in [5.74, 6) is -0.594. The number of ether oxygens (including phenoxy) is 1. The maximum atomic E-state index is 14.6. The lowest BCUT2D eigenvalue weighted by atomic mass is 9.99. The molecule has 1 heterocycles. The first-order chi connectivity index (χ1) is 14.3. The SMILES string of the molecule is COc1ccc(S(=O)(=O)c2cnc3c(F)cc(C)cc3c2-c2cccc(F)c2)cc1. The molecular weight excluding hydrogens is 408 g/mol. The van der Waals surface area contributed by atoms with Gasteiger partial charge in [0, 0.05) is 17.1 Å². The number of nitrogens with zero attached hydrogens (tertiary/aromatic N) is 1. The van der Waals surface area contributed by atoms with Gasteiger partial charge in [-0.3, -0.25) is 4.98 Å². The van der Waals surface area contributed by atoms with Gasteiger partial charge >= 0.3 is 0 Å². The molecule has 0 bridgehead atoms. The monoisotopic (exact) mass is 425 g/mol. The van der Waals surface area contributed by atoms with Crippen LogP contribution in [0.1, 0.15) is 5.56 Å². The van der Waals surface area contributed by atoms with E-state index in [0.29, 0.717) is 22.3 Å². The lowest BCUT2D eigenvalue weighted by molar-refractivity contribution is 0.414. The van der Waals surface area contributed by atoms with Crippen molar-refractivity contribution in [3.8, 4) is 16.9 Å². The van der Waals surface area contributed by atoms with Gasteiger partial charge in [0.25, 0.3) is 0 Å². The molecule has 0 aliphatic heterocycles. The summed E-state index contributed by atoms with van der Waals surface area (Å²) in [4.78, 5) is 3.98. The number of aryl methyl sites for hydroxylation is 1. The number of methoxy groups -OCH3 is 1. The summed E-state index contributed by atoms with van der Waals surface area (Å²) >= 11 is 0. The van der Waals surface area contributed by atoms with Crippen LogP contribution in [0.15, 0.2) is 76.7 Å². The molecule has 4 nitrogen and oxygen atoms in total. The summed E-state index contributed by atoms with van der Waals surface area (Å²) in [5.41, 5.74) is 1.14. The highest BCUT2D eigenvalue weighted by Gasteiger charge is 2.26. The Morgan fingerprint density at radius 3 is 2.37 bits per heavy atom. The van der Waals surface area contributed by atoms with Crippen molar-refractivity contribution in [3.63, 3.8) is 0 Å². The quantitative estimate of drug-likeness (QED) is 0.444. The van der Waals surface area contributed by atoms with Crippen LogP contribution in [0.2, 0.25) is 0 Å². The summed E-state index contributed by atoms with van der Waals surface area (Å²) < 4.78 is 60.6. The topological polar surface area (TPSA) is 56.3 Å². The van der Waals surface area contributed by atoms with Crippen LogP contribution in [-0.4, -0.2) is 20.5 Å². The summed E-state index contributed by atoms with van der Waals surface area (Å²) in [6, 6.07) is 14.4. The molecule has 3 aromatic carbocycles. The molecule has 0 spiro atoms. The van der Waals surface area contributed by atoms with Gasteiger partial charge in [-0.1, -0.05) is 12.1 Å². The second-order valence-electron chi connectivity index (χ2n) is 6.83. The number of benzene rings is 3. The van der Waals surface area contributed by atoms with Gasteiger partial charge in [0.05, 0.1) is 16.9 Å². The number of hydrogen-bond donors (Lipinski definition) is 0. The molecule has 0 aliphatic rings. The molecule has 0 fully saturated rings. The van der Waals surface area contributed by atoms with E-state index in [4.69, 9.17) is 4.74 Å². The number of fused-ring (bicyclic) bond motifs is 1. The van der Waals surface area contributed by atoms with Crippen molar-refractivity contribution in [3.05, 3.63) is 84.1 Å². The van der Waals surface area contributed by atoms with Gasteiger partial charge in [-0.05, 0) is 66.6 Å². The average Bonchev–Trinajstić information content (AvgIpc) is 2.72. The van der Waals surface area contributed by atoms with Crippen LogP contribution in [0.5, 0.6) is 5.75 Å². The Morgan fingerprint density at radius 1 is 0.967 bits per heavy atom. The molecule has 1 aromatic heterocycles. The van der Waals surface area contributed by atoms with Gasteiger partial charge in [0.2, 0.25) is 9.84 Å². The van der Waals surface area contributed by atoms with E-state index >= 15 is 0 Å². The molecule has 0 unspecified atom stereocenters. The van der Waals surface area contributed by atoms with Crippen molar-refractivity contribution < 1.29 is 21.9 Å². The summed E-state index contributed by atoms with van der Waals surface area (Å²) in [6.07, 6.45) is 1.13. The first kappa shape index (κ1) is 20.0. The minimum absolute atomic E-state index is 0.0218. The van der Waals surface area contributed by atoms with Crippen LogP contribution in [0.4, 0.5) is 8.78 Å². The molecule has 7 heteroatoms. The highest BCUT2D eigenvalue weighted by molar-refractivity contribution is 7.91. The van der Waals surface area contributed by atoms with E-state index < -0.39 is 21.5 Å². The van der Waals surface area contributed by atoms with Crippen molar-refractivity contribution in [2.75, 3.05) is 7.11 Å². The van der Waals surface area contributed by atoms with E-state index in [9.17, 15) is 17.2 Å². The number of pyridine rings is 1. The third-order valence-corrected chi connectivity index (χ3v) is 6.59. The standard InChI is InChI=1S/C23H17F2NO3S/c1-14-10-19-22(15-4-3-5-16(24)12-15)21(13-26-23(19)20(25)11-14)30(27,28)18-8-6-17(29-2)7-9-18/h3-13H,1-2H3. The number of hydrogen-bond acceptors (Lipinski definition) is 4. The van der Waals surface area contributed by atoms with Gasteiger partial charge in [-0.2, -0.15) is 0 Å². The minimum atomic E-state index is -4.04. The predicted molar refractivity (Wildman–Crippen MR) is 110 cm³/mol. The zero-order chi connectivity index (χ0) is 21.5. The van der Waals surface area contributed by atoms with E-state index in [2.05, 4.69) is 4.98 Å². The Bertz CT molecular complexity index is 1370.